The van der Waals surface area contributed by atoms with Gasteiger partial charge in [0, 0.05) is 42.8 Å². The molecule has 1 fully saturated rings. The molecule has 2 heterocycles. The van der Waals surface area contributed by atoms with E-state index in [0.717, 1.165) is 18.7 Å². The lowest BCUT2D eigenvalue weighted by Gasteiger charge is -2.26. The summed E-state index contributed by atoms with van der Waals surface area (Å²) in [5, 5.41) is 7.74. The minimum atomic E-state index is -0.0875. The van der Waals surface area contributed by atoms with E-state index in [2.05, 4.69) is 10.5 Å². The Balaban J connectivity index is 0.00000161. The van der Waals surface area contributed by atoms with Crippen molar-refractivity contribution in [2.45, 2.75) is 0 Å². The molecular weight excluding hydrogens is 313 g/mol. The number of nitrogens with zero attached hydrogens (tertiary/aromatic N) is 2. The Morgan fingerprint density at radius 3 is 2.57 bits per heavy atom. The summed E-state index contributed by atoms with van der Waals surface area (Å²) < 4.78 is 5.25. The number of benzene rings is 1. The van der Waals surface area contributed by atoms with Gasteiger partial charge in [-0.15, -0.1) is 12.4 Å². The highest BCUT2D eigenvalue weighted by molar-refractivity contribution is 6.30. The van der Waals surface area contributed by atoms with Gasteiger partial charge in [-0.1, -0.05) is 16.8 Å². The summed E-state index contributed by atoms with van der Waals surface area (Å²) in [6.45, 7) is 3.02. The van der Waals surface area contributed by atoms with Crippen LogP contribution in [0.15, 0.2) is 34.9 Å². The molecule has 1 aromatic heterocycles. The zero-order valence-corrected chi connectivity index (χ0v) is 12.8. The van der Waals surface area contributed by atoms with Crippen molar-refractivity contribution in [3.8, 4) is 11.3 Å². The van der Waals surface area contributed by atoms with Crippen molar-refractivity contribution in [2.75, 3.05) is 26.2 Å². The summed E-state index contributed by atoms with van der Waals surface area (Å²) in [6.07, 6.45) is 0. The van der Waals surface area contributed by atoms with Crippen LogP contribution >= 0.6 is 24.0 Å². The number of aromatic nitrogens is 1. The molecule has 112 valence electrons. The Labute approximate surface area is 133 Å². The molecular formula is C14H15Cl2N3O2. The molecule has 1 saturated heterocycles. The second kappa shape index (κ2) is 6.93. The normalized spacial score (nSPS) is 14.6. The van der Waals surface area contributed by atoms with Gasteiger partial charge < -0.3 is 14.7 Å². The van der Waals surface area contributed by atoms with Crippen molar-refractivity contribution < 1.29 is 9.32 Å². The highest BCUT2D eigenvalue weighted by atomic mass is 35.5. The van der Waals surface area contributed by atoms with E-state index in [9.17, 15) is 4.79 Å². The Morgan fingerprint density at radius 1 is 1.24 bits per heavy atom. The molecule has 0 aliphatic carbocycles. The van der Waals surface area contributed by atoms with E-state index >= 15 is 0 Å². The van der Waals surface area contributed by atoms with Crippen molar-refractivity contribution in [3.05, 3.63) is 41.0 Å². The predicted octanol–water partition coefficient (Wildman–Crippen LogP) is 2.46. The molecule has 0 unspecified atom stereocenters. The van der Waals surface area contributed by atoms with Gasteiger partial charge in [0.1, 0.15) is 0 Å². The first-order valence-corrected chi connectivity index (χ1v) is 6.84. The number of amides is 1. The monoisotopic (exact) mass is 327 g/mol. The molecule has 0 bridgehead atoms. The summed E-state index contributed by atoms with van der Waals surface area (Å²) >= 11 is 5.84. The molecule has 21 heavy (non-hydrogen) atoms. The Bertz CT molecular complexity index is 607. The smallest absolute Gasteiger partial charge is 0.276 e. The van der Waals surface area contributed by atoms with Crippen LogP contribution in [0.25, 0.3) is 11.3 Å². The largest absolute Gasteiger partial charge is 0.355 e. The van der Waals surface area contributed by atoms with Gasteiger partial charge in [0.2, 0.25) is 0 Å². The topological polar surface area (TPSA) is 58.4 Å². The second-order valence-electron chi connectivity index (χ2n) is 4.63. The quantitative estimate of drug-likeness (QED) is 0.920. The van der Waals surface area contributed by atoms with Gasteiger partial charge in [0.25, 0.3) is 5.91 Å². The summed E-state index contributed by atoms with van der Waals surface area (Å²) in [7, 11) is 0. The van der Waals surface area contributed by atoms with Gasteiger partial charge in [-0.3, -0.25) is 4.79 Å². The Morgan fingerprint density at radius 2 is 1.90 bits per heavy atom. The summed E-state index contributed by atoms with van der Waals surface area (Å²) in [5.41, 5.74) is 1.19. The van der Waals surface area contributed by atoms with E-state index in [0.29, 0.717) is 29.6 Å². The lowest BCUT2D eigenvalue weighted by atomic mass is 10.1. The number of rotatable bonds is 2. The van der Waals surface area contributed by atoms with E-state index in [1.807, 2.05) is 12.1 Å². The fourth-order valence-electron chi connectivity index (χ4n) is 2.16. The predicted molar refractivity (Wildman–Crippen MR) is 83.0 cm³/mol. The molecule has 7 heteroatoms. The van der Waals surface area contributed by atoms with Crippen molar-refractivity contribution in [3.63, 3.8) is 0 Å². The molecule has 0 spiro atoms. The fourth-order valence-corrected chi connectivity index (χ4v) is 2.28. The van der Waals surface area contributed by atoms with Crippen molar-refractivity contribution >= 4 is 29.9 Å². The fraction of sp³-hybridized carbons (Fsp3) is 0.286. The molecule has 1 aliphatic heterocycles. The number of hydrogen-bond acceptors (Lipinski definition) is 4. The van der Waals surface area contributed by atoms with E-state index < -0.39 is 0 Å². The standard InChI is InChI=1S/C14H14ClN3O2.ClH/c15-11-3-1-10(2-4-11)13-9-12(17-20-13)14(19)18-7-5-16-6-8-18;/h1-4,9,16H,5-8H2;1H. The molecule has 0 saturated carbocycles. The zero-order chi connectivity index (χ0) is 13.9. The summed E-state index contributed by atoms with van der Waals surface area (Å²) in [6, 6.07) is 8.89. The SMILES string of the molecule is Cl.O=C(c1cc(-c2ccc(Cl)cc2)on1)N1CCNCC1. The van der Waals surface area contributed by atoms with Crippen LogP contribution in [0, 0.1) is 0 Å². The molecule has 0 radical (unpaired) electrons. The first-order chi connectivity index (χ1) is 9.74. The Hall–Kier alpha value is -1.56. The van der Waals surface area contributed by atoms with Crippen LogP contribution in [0.1, 0.15) is 10.5 Å². The third-order valence-corrected chi connectivity index (χ3v) is 3.51. The minimum absolute atomic E-state index is 0. The van der Waals surface area contributed by atoms with E-state index in [4.69, 9.17) is 16.1 Å². The van der Waals surface area contributed by atoms with Crippen molar-refractivity contribution in [2.24, 2.45) is 0 Å². The number of carbonyl (C=O) groups is 1. The third-order valence-electron chi connectivity index (χ3n) is 3.26. The highest BCUT2D eigenvalue weighted by Gasteiger charge is 2.21. The molecule has 1 N–H and O–H groups in total. The van der Waals surface area contributed by atoms with Gasteiger partial charge in [0.15, 0.2) is 11.5 Å². The van der Waals surface area contributed by atoms with E-state index in [-0.39, 0.29) is 18.3 Å². The maximum atomic E-state index is 12.3. The van der Waals surface area contributed by atoms with Crippen LogP contribution in [0.5, 0.6) is 0 Å². The number of piperazine rings is 1. The van der Waals surface area contributed by atoms with Crippen LogP contribution in [0.4, 0.5) is 0 Å². The molecule has 1 aliphatic rings. The van der Waals surface area contributed by atoms with Crippen LogP contribution in [-0.4, -0.2) is 42.1 Å². The third kappa shape index (κ3) is 3.56. The average molecular weight is 328 g/mol. The molecule has 1 amide bonds. The molecule has 0 atom stereocenters. The average Bonchev–Trinajstić information content (AvgIpc) is 2.98. The Kier molecular flexibility index (Phi) is 5.22. The first-order valence-electron chi connectivity index (χ1n) is 6.47. The van der Waals surface area contributed by atoms with Gasteiger partial charge >= 0.3 is 0 Å². The second-order valence-corrected chi connectivity index (χ2v) is 5.06. The highest BCUT2D eigenvalue weighted by Crippen LogP contribution is 2.22. The lowest BCUT2D eigenvalue weighted by molar-refractivity contribution is 0.0725. The van der Waals surface area contributed by atoms with Gasteiger partial charge in [-0.2, -0.15) is 0 Å². The number of hydrogen-bond donors (Lipinski definition) is 1. The lowest BCUT2D eigenvalue weighted by Crippen LogP contribution is -2.46. The maximum absolute atomic E-state index is 12.3. The van der Waals surface area contributed by atoms with Crippen LogP contribution in [0.3, 0.4) is 0 Å². The summed E-state index contributed by atoms with van der Waals surface area (Å²) in [5.74, 6) is 0.482. The van der Waals surface area contributed by atoms with Crippen LogP contribution < -0.4 is 5.32 Å². The molecule has 3 rings (SSSR count). The van der Waals surface area contributed by atoms with Crippen LogP contribution in [0.2, 0.25) is 5.02 Å². The zero-order valence-electron chi connectivity index (χ0n) is 11.2. The minimum Gasteiger partial charge on any atom is -0.355 e. The number of nitrogens with one attached hydrogen (secondary N) is 1. The van der Waals surface area contributed by atoms with E-state index in [1.54, 1.807) is 23.1 Å². The maximum Gasteiger partial charge on any atom is 0.276 e. The number of carbonyl (C=O) groups excluding carboxylic acids is 1. The first kappa shape index (κ1) is 15.8. The van der Waals surface area contributed by atoms with Crippen molar-refractivity contribution in [1.29, 1.82) is 0 Å². The van der Waals surface area contributed by atoms with Crippen LogP contribution in [-0.2, 0) is 0 Å². The molecule has 5 nitrogen and oxygen atoms in total. The van der Waals surface area contributed by atoms with E-state index in [1.165, 1.54) is 0 Å². The molecule has 1 aromatic carbocycles. The van der Waals surface area contributed by atoms with Gasteiger partial charge in [-0.25, -0.2) is 0 Å². The van der Waals surface area contributed by atoms with Gasteiger partial charge in [0.05, 0.1) is 0 Å². The van der Waals surface area contributed by atoms with Crippen molar-refractivity contribution in [1.82, 2.24) is 15.4 Å². The molecule has 2 aromatic rings. The summed E-state index contributed by atoms with van der Waals surface area (Å²) in [4.78, 5) is 14.0. The number of halogens is 2. The van der Waals surface area contributed by atoms with Gasteiger partial charge in [-0.05, 0) is 24.3 Å².